The van der Waals surface area contributed by atoms with Gasteiger partial charge in [-0.15, -0.1) is 0 Å². The largest absolute Gasteiger partial charge is 0.383 e. The van der Waals surface area contributed by atoms with Crippen LogP contribution in [0.1, 0.15) is 80.6 Å². The summed E-state index contributed by atoms with van der Waals surface area (Å²) >= 11 is 0. The van der Waals surface area contributed by atoms with Gasteiger partial charge >= 0.3 is 17.8 Å². The predicted octanol–water partition coefficient (Wildman–Crippen LogP) is 6.37. The molecule has 63 heavy (non-hydrogen) atoms. The number of H-pyrrole nitrogens is 1. The van der Waals surface area contributed by atoms with E-state index in [4.69, 9.17) is 14.2 Å². The molecular formula is C46H54N12O5. The van der Waals surface area contributed by atoms with Crippen molar-refractivity contribution in [3.63, 3.8) is 0 Å². The first-order valence-electron chi connectivity index (χ1n) is 21.4. The fraction of sp³-hybridized carbons (Fsp3) is 0.391. The van der Waals surface area contributed by atoms with Gasteiger partial charge in [0.05, 0.1) is 41.6 Å². The third kappa shape index (κ3) is 10.00. The minimum Gasteiger partial charge on any atom is -0.383 e. The average molecular weight is 855 g/mol. The summed E-state index contributed by atoms with van der Waals surface area (Å²) in [5, 5.41) is 17.3. The summed E-state index contributed by atoms with van der Waals surface area (Å²) in [7, 11) is 1.64. The number of nitrogens with one attached hydrogen (secondary N) is 5. The Balaban J connectivity index is 0.816. The lowest BCUT2D eigenvalue weighted by Gasteiger charge is -2.34. The zero-order valence-electron chi connectivity index (χ0n) is 36.3. The van der Waals surface area contributed by atoms with Crippen molar-refractivity contribution in [3.8, 4) is 22.6 Å². The molecule has 2 aromatic carbocycles. The molecule has 0 unspecified atom stereocenters. The summed E-state index contributed by atoms with van der Waals surface area (Å²) in [6.07, 6.45) is 5.92. The number of benzene rings is 2. The number of fused-ring (bicyclic) bond motifs is 1. The number of piperidine rings is 1. The number of rotatable bonds is 15. The summed E-state index contributed by atoms with van der Waals surface area (Å²) in [5.74, 6) is 0.327. The molecule has 2 aliphatic heterocycles. The van der Waals surface area contributed by atoms with Crippen LogP contribution in [0.5, 0.6) is 0 Å². The molecule has 4 aromatic heterocycles. The maximum atomic E-state index is 13.0. The highest BCUT2D eigenvalue weighted by Crippen LogP contribution is 2.33. The number of anilines is 3. The van der Waals surface area contributed by atoms with Crippen molar-refractivity contribution in [2.24, 2.45) is 5.92 Å². The van der Waals surface area contributed by atoms with Crippen molar-refractivity contribution in [2.75, 3.05) is 61.5 Å². The predicted molar refractivity (Wildman–Crippen MR) is 240 cm³/mol. The Labute approximate surface area is 365 Å². The van der Waals surface area contributed by atoms with Crippen LogP contribution in [0.2, 0.25) is 0 Å². The quantitative estimate of drug-likeness (QED) is 0.0713. The number of hydrogen-bond acceptors (Lipinski definition) is 13. The van der Waals surface area contributed by atoms with Gasteiger partial charge in [0.1, 0.15) is 12.0 Å². The first-order chi connectivity index (χ1) is 30.4. The van der Waals surface area contributed by atoms with E-state index in [1.54, 1.807) is 18.3 Å². The topological polar surface area (TPSA) is 208 Å². The number of aromatic nitrogens is 6. The normalized spacial score (nSPS) is 15.4. The van der Waals surface area contributed by atoms with Crippen LogP contribution in [-0.4, -0.2) is 94.3 Å². The lowest BCUT2D eigenvalue weighted by Crippen LogP contribution is -2.49. The van der Waals surface area contributed by atoms with Crippen molar-refractivity contribution in [2.45, 2.75) is 65.0 Å². The Hall–Kier alpha value is -6.72. The molecule has 4 amide bonds. The molecule has 1 atom stereocenters. The highest BCUT2D eigenvalue weighted by molar-refractivity contribution is 6.05. The minimum atomic E-state index is -0.445. The molecule has 0 bridgehead atoms. The lowest BCUT2D eigenvalue weighted by atomic mass is 9.96. The number of hydrogen-bond donors (Lipinski definition) is 5. The molecule has 5 N–H and O–H groups in total. The summed E-state index contributed by atoms with van der Waals surface area (Å²) < 4.78 is 10.8. The molecule has 328 valence electrons. The van der Waals surface area contributed by atoms with Crippen molar-refractivity contribution < 1.29 is 23.6 Å². The molecule has 2 aliphatic rings. The molecule has 17 heteroatoms. The van der Waals surface area contributed by atoms with Gasteiger partial charge in [0.2, 0.25) is 5.91 Å². The van der Waals surface area contributed by atoms with Gasteiger partial charge < -0.3 is 35.1 Å². The summed E-state index contributed by atoms with van der Waals surface area (Å²) in [5.41, 5.74) is 8.29. The number of pyridine rings is 1. The molecule has 6 aromatic rings. The fourth-order valence-electron chi connectivity index (χ4n) is 8.03. The number of carbonyl (C=O) groups excluding carboxylic acids is 3. The van der Waals surface area contributed by atoms with Crippen molar-refractivity contribution in [1.82, 2.24) is 46.0 Å². The third-order valence-electron chi connectivity index (χ3n) is 11.5. The van der Waals surface area contributed by atoms with E-state index in [0.29, 0.717) is 37.0 Å². The van der Waals surface area contributed by atoms with Crippen LogP contribution in [0.4, 0.5) is 21.9 Å². The monoisotopic (exact) mass is 854 g/mol. The summed E-state index contributed by atoms with van der Waals surface area (Å²) in [6, 6.07) is 19.3. The standard InChI is InChI=1S/C46H54N12O5/c1-28(52-42(60)43-55-44(56-63-43)46(2,3)4)35-12-6-30(22-31(35)26-62-5)40-36-23-38(53-41(36)51-27-50-40)37-13-7-32(25-49-37)48-18-17-47-24-29-14-19-57(20-15-29)33-8-10-34(11-9-33)58-21-16-39(59)54-45(58)61/h6-13,22-23,25,27-29,47-48H,14-21,24,26H2,1-5H3,(H,52,60)(H,50,51,53)(H,54,59,61)/t28-/m1/s1. The second-order valence-electron chi connectivity index (χ2n) is 17.1. The third-order valence-corrected chi connectivity index (χ3v) is 11.5. The number of nitrogens with zero attached hydrogens (tertiary/aromatic N) is 7. The van der Waals surface area contributed by atoms with Crippen LogP contribution in [-0.2, 0) is 21.6 Å². The summed E-state index contributed by atoms with van der Waals surface area (Å²) in [6.45, 7) is 13.1. The van der Waals surface area contributed by atoms with E-state index >= 15 is 0 Å². The number of amides is 4. The highest BCUT2D eigenvalue weighted by atomic mass is 16.5. The fourth-order valence-corrected chi connectivity index (χ4v) is 8.03. The van der Waals surface area contributed by atoms with E-state index in [-0.39, 0.29) is 29.3 Å². The van der Waals surface area contributed by atoms with Crippen LogP contribution in [0.25, 0.3) is 33.7 Å². The molecule has 0 saturated carbocycles. The zero-order valence-corrected chi connectivity index (χ0v) is 36.3. The van der Waals surface area contributed by atoms with E-state index in [1.807, 2.05) is 82.4 Å². The molecule has 0 aliphatic carbocycles. The van der Waals surface area contributed by atoms with Gasteiger partial charge in [-0.1, -0.05) is 38.1 Å². The molecule has 17 nitrogen and oxygen atoms in total. The number of carbonyl (C=O) groups is 3. The molecule has 8 rings (SSSR count). The molecule has 2 saturated heterocycles. The molecule has 0 spiro atoms. The maximum absolute atomic E-state index is 13.0. The minimum absolute atomic E-state index is 0.0771. The van der Waals surface area contributed by atoms with Gasteiger partial charge in [-0.2, -0.15) is 4.98 Å². The van der Waals surface area contributed by atoms with Crippen LogP contribution in [0.3, 0.4) is 0 Å². The Morgan fingerprint density at radius 2 is 1.76 bits per heavy atom. The van der Waals surface area contributed by atoms with Gasteiger partial charge in [-0.25, -0.2) is 14.8 Å². The Bertz CT molecular complexity index is 2560. The van der Waals surface area contributed by atoms with E-state index in [0.717, 1.165) is 102 Å². The average Bonchev–Trinajstić information content (AvgIpc) is 3.97. The number of imide groups is 1. The Morgan fingerprint density at radius 1 is 0.968 bits per heavy atom. The van der Waals surface area contributed by atoms with Crippen molar-refractivity contribution in [1.29, 1.82) is 0 Å². The Morgan fingerprint density at radius 3 is 2.48 bits per heavy atom. The van der Waals surface area contributed by atoms with Gasteiger partial charge in [0, 0.05) is 74.0 Å². The highest BCUT2D eigenvalue weighted by Gasteiger charge is 2.27. The van der Waals surface area contributed by atoms with Crippen molar-refractivity contribution >= 4 is 45.9 Å². The first kappa shape index (κ1) is 42.9. The molecular weight excluding hydrogens is 801 g/mol. The van der Waals surface area contributed by atoms with Gasteiger partial charge in [0.15, 0.2) is 5.82 Å². The van der Waals surface area contributed by atoms with Crippen molar-refractivity contribution in [3.05, 3.63) is 96.0 Å². The van der Waals surface area contributed by atoms with E-state index in [2.05, 4.69) is 63.4 Å². The number of aromatic amines is 1. The Kier molecular flexibility index (Phi) is 12.8. The van der Waals surface area contributed by atoms with Gasteiger partial charge in [0.25, 0.3) is 0 Å². The van der Waals surface area contributed by atoms with Crippen LogP contribution in [0.15, 0.2) is 77.7 Å². The van der Waals surface area contributed by atoms with Gasteiger partial charge in [-0.05, 0) is 91.9 Å². The number of methoxy groups -OCH3 is 1. The lowest BCUT2D eigenvalue weighted by molar-refractivity contribution is -0.120. The SMILES string of the molecule is COCc1cc(-c2ncnc3[nH]c(-c4ccc(NCCNCC5CCN(c6ccc(N7CCC(=O)NC7=O)cc6)CC5)cn4)cc23)ccc1[C@@H](C)NC(=O)c1nc(C(C)(C)C)no1. The smallest absolute Gasteiger partial charge is 0.328 e. The van der Waals surface area contributed by atoms with Crippen LogP contribution in [0, 0.1) is 5.92 Å². The maximum Gasteiger partial charge on any atom is 0.328 e. The molecule has 0 radical (unpaired) electrons. The van der Waals surface area contributed by atoms with E-state index in [9.17, 15) is 14.4 Å². The zero-order chi connectivity index (χ0) is 44.1. The second kappa shape index (κ2) is 18.7. The van der Waals surface area contributed by atoms with E-state index < -0.39 is 5.91 Å². The van der Waals surface area contributed by atoms with E-state index in [1.165, 1.54) is 0 Å². The van der Waals surface area contributed by atoms with Crippen LogP contribution >= 0.6 is 0 Å². The van der Waals surface area contributed by atoms with Gasteiger partial charge in [-0.3, -0.25) is 24.8 Å². The molecule has 2 fully saturated rings. The first-order valence-corrected chi connectivity index (χ1v) is 21.4. The number of urea groups is 1. The second-order valence-corrected chi connectivity index (χ2v) is 17.1. The molecule has 6 heterocycles. The van der Waals surface area contributed by atoms with Crippen LogP contribution < -0.4 is 31.1 Å². The number of ether oxygens (including phenoxy) is 1. The summed E-state index contributed by atoms with van der Waals surface area (Å²) in [4.78, 5) is 62.4.